The Morgan fingerprint density at radius 3 is 2.32 bits per heavy atom. The quantitative estimate of drug-likeness (QED) is 0.682. The van der Waals surface area contributed by atoms with E-state index in [-0.39, 0.29) is 24.4 Å². The van der Waals surface area contributed by atoms with E-state index in [1.807, 2.05) is 56.0 Å². The molecule has 6 heteroatoms. The molecule has 0 atom stereocenters. The zero-order valence-corrected chi connectivity index (χ0v) is 18.1. The highest BCUT2D eigenvalue weighted by atomic mass is 32.1. The van der Waals surface area contributed by atoms with E-state index in [9.17, 15) is 9.59 Å². The van der Waals surface area contributed by atoms with Gasteiger partial charge >= 0.3 is 6.03 Å². The maximum Gasteiger partial charge on any atom is 0.317 e. The molecule has 1 heterocycles. The summed E-state index contributed by atoms with van der Waals surface area (Å²) >= 11 is 1.70. The van der Waals surface area contributed by atoms with Gasteiger partial charge in [-0.1, -0.05) is 44.2 Å². The van der Waals surface area contributed by atoms with Crippen molar-refractivity contribution >= 4 is 23.3 Å². The fourth-order valence-electron chi connectivity index (χ4n) is 2.98. The second kappa shape index (κ2) is 10.9. The summed E-state index contributed by atoms with van der Waals surface area (Å²) in [4.78, 5) is 31.4. The minimum Gasteiger partial charge on any atom is -0.338 e. The predicted molar refractivity (Wildman–Crippen MR) is 115 cm³/mol. The van der Waals surface area contributed by atoms with Crippen LogP contribution in [0.1, 0.15) is 36.1 Å². The molecule has 0 saturated carbocycles. The normalized spacial score (nSPS) is 10.8. The van der Waals surface area contributed by atoms with Gasteiger partial charge in [-0.25, -0.2) is 4.79 Å². The zero-order chi connectivity index (χ0) is 20.5. The molecule has 152 valence electrons. The zero-order valence-electron chi connectivity index (χ0n) is 17.3. The van der Waals surface area contributed by atoms with Crippen molar-refractivity contribution in [1.82, 2.24) is 15.1 Å². The van der Waals surface area contributed by atoms with E-state index in [0.29, 0.717) is 26.2 Å². The van der Waals surface area contributed by atoms with Crippen molar-refractivity contribution in [3.8, 4) is 0 Å². The maximum absolute atomic E-state index is 13.2. The van der Waals surface area contributed by atoms with Crippen LogP contribution in [0, 0.1) is 12.8 Å². The Morgan fingerprint density at radius 2 is 1.75 bits per heavy atom. The van der Waals surface area contributed by atoms with E-state index < -0.39 is 0 Å². The number of carbonyl (C=O) groups excluding carboxylic acids is 2. The van der Waals surface area contributed by atoms with Gasteiger partial charge in [0.05, 0.1) is 6.54 Å². The Hall–Kier alpha value is -2.34. The van der Waals surface area contributed by atoms with Crippen LogP contribution in [0.4, 0.5) is 4.79 Å². The van der Waals surface area contributed by atoms with Gasteiger partial charge in [0, 0.05) is 29.4 Å². The standard InChI is InChI=1S/C22H31N3O2S/c1-5-23-22(27)25(13-17(2)3)16-21(26)24(14-19-9-7-6-8-10-19)15-20-12-11-18(4)28-20/h6-12,17H,5,13-16H2,1-4H3,(H,23,27). The Bertz CT molecular complexity index is 758. The van der Waals surface area contributed by atoms with Crippen LogP contribution in [0.3, 0.4) is 0 Å². The lowest BCUT2D eigenvalue weighted by atomic mass is 10.2. The molecule has 0 fully saturated rings. The Balaban J connectivity index is 2.16. The average molecular weight is 402 g/mol. The van der Waals surface area contributed by atoms with Crippen LogP contribution < -0.4 is 5.32 Å². The van der Waals surface area contributed by atoms with Gasteiger partial charge in [0.2, 0.25) is 5.91 Å². The number of amides is 3. The highest BCUT2D eigenvalue weighted by molar-refractivity contribution is 7.11. The summed E-state index contributed by atoms with van der Waals surface area (Å²) in [6.45, 7) is 10.3. The number of rotatable bonds is 9. The van der Waals surface area contributed by atoms with E-state index in [1.165, 1.54) is 4.88 Å². The molecular weight excluding hydrogens is 370 g/mol. The Labute approximate surface area is 172 Å². The average Bonchev–Trinajstić information content (AvgIpc) is 3.06. The van der Waals surface area contributed by atoms with Crippen molar-refractivity contribution in [2.24, 2.45) is 5.92 Å². The number of benzene rings is 1. The maximum atomic E-state index is 13.2. The summed E-state index contributed by atoms with van der Waals surface area (Å²) in [5.41, 5.74) is 1.08. The van der Waals surface area contributed by atoms with Crippen LogP contribution in [-0.4, -0.2) is 41.4 Å². The number of thiophene rings is 1. The van der Waals surface area contributed by atoms with Crippen molar-refractivity contribution in [3.63, 3.8) is 0 Å². The molecule has 1 aromatic carbocycles. The van der Waals surface area contributed by atoms with Gasteiger partial charge in [-0.15, -0.1) is 11.3 Å². The Morgan fingerprint density at radius 1 is 1.04 bits per heavy atom. The molecule has 0 aliphatic carbocycles. The van der Waals surface area contributed by atoms with Crippen molar-refractivity contribution in [3.05, 3.63) is 57.8 Å². The summed E-state index contributed by atoms with van der Waals surface area (Å²) in [6, 6.07) is 13.9. The molecule has 1 N–H and O–H groups in total. The molecule has 0 aliphatic rings. The summed E-state index contributed by atoms with van der Waals surface area (Å²) in [5, 5.41) is 2.82. The first-order chi connectivity index (χ1) is 13.4. The van der Waals surface area contributed by atoms with Crippen LogP contribution in [0.2, 0.25) is 0 Å². The first kappa shape index (κ1) is 22.0. The van der Waals surface area contributed by atoms with E-state index >= 15 is 0 Å². The summed E-state index contributed by atoms with van der Waals surface area (Å²) in [5.74, 6) is 0.250. The van der Waals surface area contributed by atoms with Gasteiger partial charge in [-0.2, -0.15) is 0 Å². The molecule has 5 nitrogen and oxygen atoms in total. The van der Waals surface area contributed by atoms with E-state index in [0.717, 1.165) is 10.4 Å². The van der Waals surface area contributed by atoms with Gasteiger partial charge in [-0.3, -0.25) is 4.79 Å². The van der Waals surface area contributed by atoms with E-state index in [2.05, 4.69) is 24.4 Å². The van der Waals surface area contributed by atoms with Crippen molar-refractivity contribution in [2.45, 2.75) is 40.8 Å². The second-order valence-corrected chi connectivity index (χ2v) is 8.73. The third-order valence-corrected chi connectivity index (χ3v) is 5.22. The van der Waals surface area contributed by atoms with Crippen molar-refractivity contribution in [2.75, 3.05) is 19.6 Å². The Kier molecular flexibility index (Phi) is 8.51. The largest absolute Gasteiger partial charge is 0.338 e. The third-order valence-electron chi connectivity index (χ3n) is 4.24. The molecule has 0 aliphatic heterocycles. The van der Waals surface area contributed by atoms with E-state index in [1.54, 1.807) is 16.2 Å². The minimum atomic E-state index is -0.184. The lowest BCUT2D eigenvalue weighted by Crippen LogP contribution is -2.47. The number of urea groups is 1. The second-order valence-electron chi connectivity index (χ2n) is 7.36. The van der Waals surface area contributed by atoms with Gasteiger partial charge in [0.15, 0.2) is 0 Å². The fraction of sp³-hybridized carbons (Fsp3) is 0.455. The topological polar surface area (TPSA) is 52.7 Å². The molecule has 0 unspecified atom stereocenters. The molecule has 2 rings (SSSR count). The molecule has 28 heavy (non-hydrogen) atoms. The first-order valence-corrected chi connectivity index (χ1v) is 10.6. The van der Waals surface area contributed by atoms with Crippen molar-refractivity contribution < 1.29 is 9.59 Å². The van der Waals surface area contributed by atoms with Crippen LogP contribution in [0.25, 0.3) is 0 Å². The summed E-state index contributed by atoms with van der Waals surface area (Å²) in [6.07, 6.45) is 0. The van der Waals surface area contributed by atoms with Gasteiger partial charge < -0.3 is 15.1 Å². The van der Waals surface area contributed by atoms with Gasteiger partial charge in [0.1, 0.15) is 6.54 Å². The number of hydrogen-bond acceptors (Lipinski definition) is 3. The number of nitrogens with one attached hydrogen (secondary N) is 1. The molecule has 0 spiro atoms. The minimum absolute atomic E-state index is 0.0400. The van der Waals surface area contributed by atoms with Crippen LogP contribution in [0.15, 0.2) is 42.5 Å². The highest BCUT2D eigenvalue weighted by Crippen LogP contribution is 2.19. The molecule has 0 saturated heterocycles. The molecular formula is C22H31N3O2S. The van der Waals surface area contributed by atoms with E-state index in [4.69, 9.17) is 0 Å². The predicted octanol–water partition coefficient (Wildman–Crippen LogP) is 4.27. The SMILES string of the molecule is CCNC(=O)N(CC(=O)N(Cc1ccccc1)Cc1ccc(C)s1)CC(C)C. The molecule has 3 amide bonds. The summed E-state index contributed by atoms with van der Waals surface area (Å²) in [7, 11) is 0. The number of hydrogen-bond donors (Lipinski definition) is 1. The number of nitrogens with zero attached hydrogens (tertiary/aromatic N) is 2. The molecule has 1 aromatic heterocycles. The van der Waals surface area contributed by atoms with Crippen molar-refractivity contribution in [1.29, 1.82) is 0 Å². The summed E-state index contributed by atoms with van der Waals surface area (Å²) < 4.78 is 0. The third kappa shape index (κ3) is 7.00. The van der Waals surface area contributed by atoms with Crippen LogP contribution in [0.5, 0.6) is 0 Å². The lowest BCUT2D eigenvalue weighted by Gasteiger charge is -2.28. The number of aryl methyl sites for hydroxylation is 1. The monoisotopic (exact) mass is 401 g/mol. The fourth-order valence-corrected chi connectivity index (χ4v) is 3.89. The lowest BCUT2D eigenvalue weighted by molar-refractivity contribution is -0.133. The highest BCUT2D eigenvalue weighted by Gasteiger charge is 2.22. The van der Waals surface area contributed by atoms with Crippen LogP contribution >= 0.6 is 11.3 Å². The smallest absolute Gasteiger partial charge is 0.317 e. The molecule has 0 bridgehead atoms. The molecule has 0 radical (unpaired) electrons. The number of carbonyl (C=O) groups is 2. The van der Waals surface area contributed by atoms with Crippen LogP contribution in [-0.2, 0) is 17.9 Å². The molecule has 2 aromatic rings. The first-order valence-electron chi connectivity index (χ1n) is 9.78. The van der Waals surface area contributed by atoms with Gasteiger partial charge in [-0.05, 0) is 37.5 Å². The van der Waals surface area contributed by atoms with Gasteiger partial charge in [0.25, 0.3) is 0 Å².